The molecule has 0 spiro atoms. The Balaban J connectivity index is 1.45. The highest BCUT2D eigenvalue weighted by Gasteiger charge is 2.87. The summed E-state index contributed by atoms with van der Waals surface area (Å²) in [6.45, 7) is 0.154. The lowest BCUT2D eigenvalue weighted by Crippen LogP contribution is -2.36. The minimum atomic E-state index is -3.05. The molecule has 184 valence electrons. The standard InChI is InChI=1S/C25H23F2N7O2/c1-33-11-18-24(12-33,25(18,26)27)23(35)31-22-17(36-3)9-16-21(30-22)20(29-13-28-16)15-10-34(2)32-19(15)14-7-5-4-6-8-14/h4-10,13,18H,11-12H2,1-3H3,(H,30,31,35)/t18-,24+/m0/s1. The molecule has 0 bridgehead atoms. The fourth-order valence-electron chi connectivity index (χ4n) is 5.30. The van der Waals surface area contributed by atoms with Crippen molar-refractivity contribution in [3.05, 3.63) is 48.9 Å². The lowest BCUT2D eigenvalue weighted by atomic mass is 10.0. The number of aromatic nitrogens is 5. The van der Waals surface area contributed by atoms with Gasteiger partial charge in [-0.25, -0.2) is 23.7 Å². The van der Waals surface area contributed by atoms with Gasteiger partial charge < -0.3 is 15.0 Å². The van der Waals surface area contributed by atoms with Crippen LogP contribution in [0.3, 0.4) is 0 Å². The summed E-state index contributed by atoms with van der Waals surface area (Å²) in [4.78, 5) is 28.3. The number of carbonyl (C=O) groups excluding carboxylic acids is 1. The van der Waals surface area contributed by atoms with Gasteiger partial charge in [0.15, 0.2) is 11.6 Å². The summed E-state index contributed by atoms with van der Waals surface area (Å²) in [5.74, 6) is -4.57. The number of piperidine rings is 1. The van der Waals surface area contributed by atoms with Gasteiger partial charge in [-0.1, -0.05) is 30.3 Å². The summed E-state index contributed by atoms with van der Waals surface area (Å²) in [6.07, 6.45) is 3.25. The number of fused-ring (bicyclic) bond motifs is 2. The maximum Gasteiger partial charge on any atom is 0.269 e. The molecule has 9 nitrogen and oxygen atoms in total. The van der Waals surface area contributed by atoms with Crippen LogP contribution in [0.15, 0.2) is 48.9 Å². The van der Waals surface area contributed by atoms with Crippen molar-refractivity contribution >= 4 is 22.8 Å². The largest absolute Gasteiger partial charge is 0.493 e. The third kappa shape index (κ3) is 3.12. The smallest absolute Gasteiger partial charge is 0.269 e. The third-order valence-corrected chi connectivity index (χ3v) is 7.12. The van der Waals surface area contributed by atoms with Crippen LogP contribution < -0.4 is 10.1 Å². The van der Waals surface area contributed by atoms with E-state index < -0.39 is 23.2 Å². The Labute approximate surface area is 205 Å². The van der Waals surface area contributed by atoms with Gasteiger partial charge in [0.05, 0.1) is 18.5 Å². The van der Waals surface area contributed by atoms with Crippen molar-refractivity contribution in [2.75, 3.05) is 32.6 Å². The molecule has 2 fully saturated rings. The molecule has 1 saturated heterocycles. The molecule has 3 aromatic heterocycles. The molecule has 1 saturated carbocycles. The lowest BCUT2D eigenvalue weighted by molar-refractivity contribution is -0.125. The van der Waals surface area contributed by atoms with Crippen molar-refractivity contribution in [3.8, 4) is 28.3 Å². The van der Waals surface area contributed by atoms with Gasteiger partial charge in [0.2, 0.25) is 5.91 Å². The Kier molecular flexibility index (Phi) is 4.84. The summed E-state index contributed by atoms with van der Waals surface area (Å²) >= 11 is 0. The predicted molar refractivity (Wildman–Crippen MR) is 129 cm³/mol. The monoisotopic (exact) mass is 491 g/mol. The van der Waals surface area contributed by atoms with E-state index in [0.717, 1.165) is 11.1 Å². The highest BCUT2D eigenvalue weighted by Crippen LogP contribution is 2.69. The van der Waals surface area contributed by atoms with E-state index in [0.29, 0.717) is 22.4 Å². The molecule has 2 aliphatic rings. The summed E-state index contributed by atoms with van der Waals surface area (Å²) < 4.78 is 36.3. The molecule has 2 atom stereocenters. The van der Waals surface area contributed by atoms with E-state index in [1.54, 1.807) is 22.7 Å². The van der Waals surface area contributed by atoms with Crippen LogP contribution in [-0.2, 0) is 11.8 Å². The number of anilines is 1. The first-order valence-corrected chi connectivity index (χ1v) is 11.4. The number of likely N-dealkylation sites (tertiary alicyclic amines) is 1. The number of hydrogen-bond donors (Lipinski definition) is 1. The van der Waals surface area contributed by atoms with Crippen LogP contribution in [0.25, 0.3) is 33.5 Å². The number of nitrogens with one attached hydrogen (secondary N) is 1. The minimum absolute atomic E-state index is 0.0170. The van der Waals surface area contributed by atoms with Crippen LogP contribution in [-0.4, -0.2) is 68.7 Å². The SMILES string of the molecule is COc1cc2ncnc(-c3cn(C)nc3-c3ccccc3)c2nc1NC(=O)[C@@]12CN(C)C[C@@H]1C2(F)F. The van der Waals surface area contributed by atoms with Crippen molar-refractivity contribution in [3.63, 3.8) is 0 Å². The Bertz CT molecular complexity index is 1510. The van der Waals surface area contributed by atoms with Crippen molar-refractivity contribution in [1.29, 1.82) is 0 Å². The molecular weight excluding hydrogens is 468 g/mol. The fraction of sp³-hybridized carbons (Fsp3) is 0.320. The average Bonchev–Trinajstić information content (AvgIpc) is 3.22. The van der Waals surface area contributed by atoms with E-state index in [-0.39, 0.29) is 24.7 Å². The minimum Gasteiger partial charge on any atom is -0.493 e. The van der Waals surface area contributed by atoms with Crippen LogP contribution in [0.4, 0.5) is 14.6 Å². The maximum atomic E-state index is 14.6. The van der Waals surface area contributed by atoms with Gasteiger partial charge in [-0.3, -0.25) is 9.48 Å². The number of rotatable bonds is 5. The number of amides is 1. The van der Waals surface area contributed by atoms with E-state index in [9.17, 15) is 13.6 Å². The zero-order valence-corrected chi connectivity index (χ0v) is 19.9. The second-order valence-corrected chi connectivity index (χ2v) is 9.36. The molecule has 0 radical (unpaired) electrons. The number of ether oxygens (including phenoxy) is 1. The topological polar surface area (TPSA) is 98.1 Å². The predicted octanol–water partition coefficient (Wildman–Crippen LogP) is 3.24. The van der Waals surface area contributed by atoms with Crippen molar-refractivity contribution < 1.29 is 18.3 Å². The molecule has 11 heteroatoms. The Hall–Kier alpha value is -3.99. The second-order valence-electron chi connectivity index (χ2n) is 9.36. The zero-order chi connectivity index (χ0) is 25.2. The Morgan fingerprint density at radius 1 is 1.17 bits per heavy atom. The van der Waals surface area contributed by atoms with Crippen LogP contribution in [0.2, 0.25) is 0 Å². The number of methoxy groups -OCH3 is 1. The van der Waals surface area contributed by atoms with Crippen molar-refractivity contribution in [2.45, 2.75) is 5.92 Å². The number of carbonyl (C=O) groups is 1. The molecule has 6 rings (SSSR count). The number of nitrogens with zero attached hydrogens (tertiary/aromatic N) is 6. The number of aryl methyl sites for hydroxylation is 1. The van der Waals surface area contributed by atoms with Gasteiger partial charge in [0.1, 0.15) is 28.6 Å². The first kappa shape index (κ1) is 22.5. The summed E-state index contributed by atoms with van der Waals surface area (Å²) in [7, 11) is 4.96. The highest BCUT2D eigenvalue weighted by atomic mass is 19.3. The average molecular weight is 492 g/mol. The van der Waals surface area contributed by atoms with E-state index in [2.05, 4.69) is 25.4 Å². The number of halogens is 2. The molecule has 0 unspecified atom stereocenters. The van der Waals surface area contributed by atoms with Crippen molar-refractivity contribution in [1.82, 2.24) is 29.6 Å². The van der Waals surface area contributed by atoms with E-state index in [1.807, 2.05) is 43.6 Å². The lowest BCUT2D eigenvalue weighted by Gasteiger charge is -2.19. The van der Waals surface area contributed by atoms with Crippen LogP contribution in [0, 0.1) is 11.3 Å². The quantitative estimate of drug-likeness (QED) is 0.458. The van der Waals surface area contributed by atoms with Gasteiger partial charge in [0, 0.05) is 43.5 Å². The van der Waals surface area contributed by atoms with Gasteiger partial charge in [-0.2, -0.15) is 5.10 Å². The number of benzene rings is 1. The molecule has 1 aliphatic carbocycles. The van der Waals surface area contributed by atoms with E-state index in [4.69, 9.17) is 4.74 Å². The van der Waals surface area contributed by atoms with Gasteiger partial charge in [0.25, 0.3) is 5.92 Å². The molecule has 36 heavy (non-hydrogen) atoms. The van der Waals surface area contributed by atoms with Crippen LogP contribution >= 0.6 is 0 Å². The number of pyridine rings is 1. The Morgan fingerprint density at radius 3 is 2.67 bits per heavy atom. The van der Waals surface area contributed by atoms with Crippen molar-refractivity contribution in [2.24, 2.45) is 18.4 Å². The molecule has 4 heterocycles. The van der Waals surface area contributed by atoms with E-state index >= 15 is 0 Å². The first-order valence-electron chi connectivity index (χ1n) is 11.4. The highest BCUT2D eigenvalue weighted by molar-refractivity contribution is 6.02. The molecule has 1 aliphatic heterocycles. The molecule has 1 aromatic carbocycles. The zero-order valence-electron chi connectivity index (χ0n) is 19.9. The van der Waals surface area contributed by atoms with Gasteiger partial charge >= 0.3 is 0 Å². The van der Waals surface area contributed by atoms with Gasteiger partial charge in [-0.15, -0.1) is 0 Å². The molecular formula is C25H23F2N7O2. The fourth-order valence-corrected chi connectivity index (χ4v) is 5.30. The molecule has 1 amide bonds. The molecule has 1 N–H and O–H groups in total. The number of hydrogen-bond acceptors (Lipinski definition) is 7. The third-order valence-electron chi connectivity index (χ3n) is 7.12. The summed E-state index contributed by atoms with van der Waals surface area (Å²) in [6, 6.07) is 11.3. The molecule has 4 aromatic rings. The second kappa shape index (κ2) is 7.76. The summed E-state index contributed by atoms with van der Waals surface area (Å²) in [5, 5.41) is 7.23. The maximum absolute atomic E-state index is 14.6. The Morgan fingerprint density at radius 2 is 1.94 bits per heavy atom. The summed E-state index contributed by atoms with van der Waals surface area (Å²) in [5.41, 5.74) is 1.92. The van der Waals surface area contributed by atoms with Crippen LogP contribution in [0.5, 0.6) is 5.75 Å². The first-order chi connectivity index (χ1) is 17.3. The van der Waals surface area contributed by atoms with Gasteiger partial charge in [-0.05, 0) is 7.05 Å². The normalized spacial score (nSPS) is 22.4. The van der Waals surface area contributed by atoms with Crippen LogP contribution in [0.1, 0.15) is 0 Å². The van der Waals surface area contributed by atoms with E-state index in [1.165, 1.54) is 13.4 Å². The number of alkyl halides is 2.